The SMILES string of the molecule is CC(C)Cc1ccc(CN2CCc3nnc(CNC(=O)Cc4ccccc4)n3CC2)cc1. The third-order valence-electron chi connectivity index (χ3n) is 5.92. The van der Waals surface area contributed by atoms with Gasteiger partial charge in [-0.15, -0.1) is 10.2 Å². The fourth-order valence-corrected chi connectivity index (χ4v) is 4.25. The minimum absolute atomic E-state index is 0.00436. The molecule has 1 aliphatic rings. The summed E-state index contributed by atoms with van der Waals surface area (Å²) >= 11 is 0. The number of nitrogens with zero attached hydrogens (tertiary/aromatic N) is 4. The molecule has 0 aliphatic carbocycles. The van der Waals surface area contributed by atoms with Crippen LogP contribution in [0.1, 0.15) is 42.2 Å². The van der Waals surface area contributed by atoms with Gasteiger partial charge in [0.25, 0.3) is 0 Å². The van der Waals surface area contributed by atoms with E-state index in [9.17, 15) is 4.79 Å². The number of hydrogen-bond donors (Lipinski definition) is 1. The van der Waals surface area contributed by atoms with Crippen molar-refractivity contribution in [2.24, 2.45) is 5.92 Å². The molecule has 0 bridgehead atoms. The Morgan fingerprint density at radius 2 is 1.69 bits per heavy atom. The van der Waals surface area contributed by atoms with Crippen LogP contribution in [0.5, 0.6) is 0 Å². The summed E-state index contributed by atoms with van der Waals surface area (Å²) in [5.74, 6) is 2.53. The zero-order valence-electron chi connectivity index (χ0n) is 19.1. The van der Waals surface area contributed by atoms with Gasteiger partial charge < -0.3 is 9.88 Å². The molecule has 1 aromatic heterocycles. The van der Waals surface area contributed by atoms with Crippen molar-refractivity contribution in [3.8, 4) is 0 Å². The molecule has 0 atom stereocenters. The summed E-state index contributed by atoms with van der Waals surface area (Å²) in [6, 6.07) is 18.8. The minimum Gasteiger partial charge on any atom is -0.349 e. The van der Waals surface area contributed by atoms with Crippen LogP contribution in [-0.4, -0.2) is 38.7 Å². The lowest BCUT2D eigenvalue weighted by atomic mass is 10.0. The highest BCUT2D eigenvalue weighted by atomic mass is 16.1. The minimum atomic E-state index is 0.00436. The molecule has 1 amide bonds. The molecule has 0 saturated heterocycles. The number of carbonyl (C=O) groups excluding carboxylic acids is 1. The van der Waals surface area contributed by atoms with Gasteiger partial charge in [-0.05, 0) is 29.0 Å². The smallest absolute Gasteiger partial charge is 0.224 e. The predicted molar refractivity (Wildman–Crippen MR) is 126 cm³/mol. The van der Waals surface area contributed by atoms with Gasteiger partial charge in [-0.2, -0.15) is 0 Å². The molecule has 1 aliphatic heterocycles. The first-order valence-electron chi connectivity index (χ1n) is 11.6. The summed E-state index contributed by atoms with van der Waals surface area (Å²) in [6.07, 6.45) is 2.38. The lowest BCUT2D eigenvalue weighted by Crippen LogP contribution is -2.28. The number of aromatic nitrogens is 3. The van der Waals surface area contributed by atoms with Crippen molar-refractivity contribution in [2.45, 2.75) is 52.7 Å². The fourth-order valence-electron chi connectivity index (χ4n) is 4.25. The second-order valence-corrected chi connectivity index (χ2v) is 9.06. The van der Waals surface area contributed by atoms with Crippen LogP contribution in [0.25, 0.3) is 0 Å². The van der Waals surface area contributed by atoms with E-state index in [1.165, 1.54) is 11.1 Å². The lowest BCUT2D eigenvalue weighted by molar-refractivity contribution is -0.120. The molecule has 0 spiro atoms. The Morgan fingerprint density at radius 3 is 2.44 bits per heavy atom. The topological polar surface area (TPSA) is 63.1 Å². The van der Waals surface area contributed by atoms with Gasteiger partial charge >= 0.3 is 0 Å². The molecule has 0 saturated carbocycles. The molecule has 0 fully saturated rings. The van der Waals surface area contributed by atoms with Gasteiger partial charge in [0.2, 0.25) is 5.91 Å². The maximum atomic E-state index is 12.3. The molecular weight excluding hydrogens is 398 g/mol. The Labute approximate surface area is 190 Å². The predicted octanol–water partition coefficient (Wildman–Crippen LogP) is 3.39. The number of carbonyl (C=O) groups is 1. The number of benzene rings is 2. The summed E-state index contributed by atoms with van der Waals surface area (Å²) in [4.78, 5) is 14.8. The van der Waals surface area contributed by atoms with E-state index in [0.29, 0.717) is 18.9 Å². The highest BCUT2D eigenvalue weighted by molar-refractivity contribution is 5.78. The molecule has 0 unspecified atom stereocenters. The maximum Gasteiger partial charge on any atom is 0.224 e. The van der Waals surface area contributed by atoms with Crippen molar-refractivity contribution in [1.29, 1.82) is 0 Å². The molecule has 168 valence electrons. The van der Waals surface area contributed by atoms with Crippen molar-refractivity contribution < 1.29 is 4.79 Å². The Hall–Kier alpha value is -2.99. The molecule has 2 heterocycles. The lowest BCUT2D eigenvalue weighted by Gasteiger charge is -2.20. The van der Waals surface area contributed by atoms with Crippen molar-refractivity contribution in [2.75, 3.05) is 13.1 Å². The summed E-state index contributed by atoms with van der Waals surface area (Å²) in [5.41, 5.74) is 3.77. The van der Waals surface area contributed by atoms with E-state index in [1.807, 2.05) is 30.3 Å². The molecule has 1 N–H and O–H groups in total. The highest BCUT2D eigenvalue weighted by Gasteiger charge is 2.19. The first kappa shape index (κ1) is 22.2. The fraction of sp³-hybridized carbons (Fsp3) is 0.423. The van der Waals surface area contributed by atoms with E-state index in [0.717, 1.165) is 56.2 Å². The summed E-state index contributed by atoms with van der Waals surface area (Å²) < 4.78 is 2.18. The van der Waals surface area contributed by atoms with Crippen molar-refractivity contribution in [3.63, 3.8) is 0 Å². The van der Waals surface area contributed by atoms with E-state index < -0.39 is 0 Å². The highest BCUT2D eigenvalue weighted by Crippen LogP contribution is 2.15. The Bertz CT molecular complexity index is 1010. The van der Waals surface area contributed by atoms with Crippen LogP contribution >= 0.6 is 0 Å². The second-order valence-electron chi connectivity index (χ2n) is 9.06. The Morgan fingerprint density at radius 1 is 0.938 bits per heavy atom. The van der Waals surface area contributed by atoms with Crippen molar-refractivity contribution in [1.82, 2.24) is 25.0 Å². The molecule has 6 nitrogen and oxygen atoms in total. The first-order valence-corrected chi connectivity index (χ1v) is 11.6. The zero-order valence-corrected chi connectivity index (χ0v) is 19.1. The summed E-state index contributed by atoms with van der Waals surface area (Å²) in [5, 5.41) is 11.7. The second kappa shape index (κ2) is 10.6. The van der Waals surface area contributed by atoms with Gasteiger partial charge in [0.15, 0.2) is 5.82 Å². The van der Waals surface area contributed by atoms with E-state index in [-0.39, 0.29) is 5.91 Å². The summed E-state index contributed by atoms with van der Waals surface area (Å²) in [6.45, 7) is 8.63. The van der Waals surface area contributed by atoms with E-state index in [4.69, 9.17) is 0 Å². The van der Waals surface area contributed by atoms with Crippen LogP contribution in [0.3, 0.4) is 0 Å². The van der Waals surface area contributed by atoms with E-state index >= 15 is 0 Å². The molecular formula is C26H33N5O. The zero-order chi connectivity index (χ0) is 22.3. The molecule has 2 aromatic carbocycles. The van der Waals surface area contributed by atoms with E-state index in [2.05, 4.69) is 63.1 Å². The first-order chi connectivity index (χ1) is 15.6. The van der Waals surface area contributed by atoms with Gasteiger partial charge in [-0.25, -0.2) is 0 Å². The number of amides is 1. The van der Waals surface area contributed by atoms with Crippen LogP contribution in [0.2, 0.25) is 0 Å². The Balaban J connectivity index is 1.29. The third kappa shape index (κ3) is 6.04. The average molecular weight is 432 g/mol. The van der Waals surface area contributed by atoms with Crippen LogP contribution < -0.4 is 5.32 Å². The monoisotopic (exact) mass is 431 g/mol. The van der Waals surface area contributed by atoms with Gasteiger partial charge in [0.1, 0.15) is 5.82 Å². The maximum absolute atomic E-state index is 12.3. The molecule has 0 radical (unpaired) electrons. The van der Waals surface area contributed by atoms with Crippen LogP contribution in [0.4, 0.5) is 0 Å². The van der Waals surface area contributed by atoms with Crippen LogP contribution in [0.15, 0.2) is 54.6 Å². The molecule has 32 heavy (non-hydrogen) atoms. The third-order valence-corrected chi connectivity index (χ3v) is 5.92. The largest absolute Gasteiger partial charge is 0.349 e. The normalized spacial score (nSPS) is 14.2. The van der Waals surface area contributed by atoms with Gasteiger partial charge in [0, 0.05) is 32.6 Å². The Kier molecular flexibility index (Phi) is 7.32. The van der Waals surface area contributed by atoms with Crippen molar-refractivity contribution in [3.05, 3.63) is 82.9 Å². The molecule has 3 aromatic rings. The van der Waals surface area contributed by atoms with Crippen LogP contribution in [-0.2, 0) is 43.7 Å². The number of hydrogen-bond acceptors (Lipinski definition) is 4. The van der Waals surface area contributed by atoms with Crippen LogP contribution in [0, 0.1) is 5.92 Å². The molecule has 6 heteroatoms. The number of rotatable bonds is 8. The van der Waals surface area contributed by atoms with E-state index in [1.54, 1.807) is 0 Å². The van der Waals surface area contributed by atoms with Gasteiger partial charge in [-0.3, -0.25) is 9.69 Å². The number of fused-ring (bicyclic) bond motifs is 1. The number of nitrogens with one attached hydrogen (secondary N) is 1. The van der Waals surface area contributed by atoms with Gasteiger partial charge in [0.05, 0.1) is 13.0 Å². The standard InChI is InChI=1S/C26H33N5O/c1-20(2)16-22-8-10-23(11-9-22)19-30-13-12-24-28-29-25(31(24)15-14-30)18-27-26(32)17-21-6-4-3-5-7-21/h3-11,20H,12-19H2,1-2H3,(H,27,32). The summed E-state index contributed by atoms with van der Waals surface area (Å²) in [7, 11) is 0. The van der Waals surface area contributed by atoms with Crippen molar-refractivity contribution >= 4 is 5.91 Å². The quantitative estimate of drug-likeness (QED) is 0.594. The average Bonchev–Trinajstić information content (AvgIpc) is 3.06. The van der Waals surface area contributed by atoms with Gasteiger partial charge in [-0.1, -0.05) is 68.4 Å². The molecule has 4 rings (SSSR count).